The van der Waals surface area contributed by atoms with Crippen molar-refractivity contribution in [2.45, 2.75) is 32.9 Å². The van der Waals surface area contributed by atoms with Crippen LogP contribution in [0, 0.1) is 5.92 Å². The molecular formula is C29H33Cl2N3O4S. The van der Waals surface area contributed by atoms with Gasteiger partial charge in [0.2, 0.25) is 21.8 Å². The Morgan fingerprint density at radius 1 is 0.846 bits per heavy atom. The number of halogens is 2. The van der Waals surface area contributed by atoms with Crippen molar-refractivity contribution in [3.8, 4) is 0 Å². The van der Waals surface area contributed by atoms with E-state index < -0.39 is 28.5 Å². The predicted molar refractivity (Wildman–Crippen MR) is 157 cm³/mol. The average molecular weight is 591 g/mol. The van der Waals surface area contributed by atoms with Crippen molar-refractivity contribution in [1.29, 1.82) is 0 Å². The molecule has 3 aromatic rings. The number of carbonyl (C=O) groups is 2. The summed E-state index contributed by atoms with van der Waals surface area (Å²) < 4.78 is 26.6. The van der Waals surface area contributed by atoms with Gasteiger partial charge in [-0.1, -0.05) is 79.5 Å². The van der Waals surface area contributed by atoms with Crippen LogP contribution in [-0.4, -0.2) is 50.5 Å². The lowest BCUT2D eigenvalue weighted by molar-refractivity contribution is -0.140. The van der Waals surface area contributed by atoms with Crippen molar-refractivity contribution in [1.82, 2.24) is 10.2 Å². The van der Waals surface area contributed by atoms with Gasteiger partial charge in [-0.05, 0) is 53.4 Å². The number of sulfonamides is 1. The second-order valence-electron chi connectivity index (χ2n) is 9.74. The molecule has 0 saturated heterocycles. The molecule has 0 aliphatic carbocycles. The third-order valence-electron chi connectivity index (χ3n) is 6.02. The summed E-state index contributed by atoms with van der Waals surface area (Å²) in [6.45, 7) is 4.00. The van der Waals surface area contributed by atoms with Crippen molar-refractivity contribution < 1.29 is 18.0 Å². The molecule has 0 aliphatic rings. The summed E-state index contributed by atoms with van der Waals surface area (Å²) in [7, 11) is -3.84. The first-order valence-corrected chi connectivity index (χ1v) is 15.1. The minimum absolute atomic E-state index is 0.0841. The van der Waals surface area contributed by atoms with Gasteiger partial charge in [0.25, 0.3) is 0 Å². The molecule has 0 unspecified atom stereocenters. The molecule has 0 heterocycles. The van der Waals surface area contributed by atoms with Gasteiger partial charge >= 0.3 is 0 Å². The number of hydrogen-bond donors (Lipinski definition) is 1. The highest BCUT2D eigenvalue weighted by Crippen LogP contribution is 2.22. The Bertz CT molecular complexity index is 1350. The molecule has 3 rings (SSSR count). The number of carbonyl (C=O) groups excluding carboxylic acids is 2. The average Bonchev–Trinajstić information content (AvgIpc) is 2.89. The van der Waals surface area contributed by atoms with E-state index in [1.54, 1.807) is 36.4 Å². The standard InChI is InChI=1S/C29H33Cl2N3O4S/c1-21(2)18-32-29(36)27(17-22-7-5-4-6-8-22)33(19-23-9-11-24(30)12-10-23)28(35)20-34(39(3,37)38)26-15-13-25(31)14-16-26/h4-16,21,27H,17-20H2,1-3H3,(H,32,36)/t27-/m0/s1. The quantitative estimate of drug-likeness (QED) is 0.315. The highest BCUT2D eigenvalue weighted by Gasteiger charge is 2.33. The van der Waals surface area contributed by atoms with E-state index in [-0.39, 0.29) is 24.8 Å². The van der Waals surface area contributed by atoms with E-state index in [2.05, 4.69) is 5.32 Å². The molecule has 0 aromatic heterocycles. The zero-order chi connectivity index (χ0) is 28.6. The highest BCUT2D eigenvalue weighted by molar-refractivity contribution is 7.92. The number of benzene rings is 3. The highest BCUT2D eigenvalue weighted by atomic mass is 35.5. The Balaban J connectivity index is 2.03. The summed E-state index contributed by atoms with van der Waals surface area (Å²) in [6.07, 6.45) is 1.29. The summed E-state index contributed by atoms with van der Waals surface area (Å²) in [6, 6.07) is 21.7. The fourth-order valence-electron chi connectivity index (χ4n) is 3.98. The maximum absolute atomic E-state index is 14.0. The molecule has 10 heteroatoms. The normalized spacial score (nSPS) is 12.2. The summed E-state index contributed by atoms with van der Waals surface area (Å²) in [5.41, 5.74) is 1.92. The maximum Gasteiger partial charge on any atom is 0.244 e. The van der Waals surface area contributed by atoms with Crippen LogP contribution in [0.3, 0.4) is 0 Å². The first-order valence-electron chi connectivity index (χ1n) is 12.5. The molecule has 0 spiro atoms. The molecule has 0 fully saturated rings. The third kappa shape index (κ3) is 9.27. The van der Waals surface area contributed by atoms with E-state index in [1.165, 1.54) is 17.0 Å². The Morgan fingerprint density at radius 3 is 1.95 bits per heavy atom. The lowest BCUT2D eigenvalue weighted by atomic mass is 10.0. The zero-order valence-corrected chi connectivity index (χ0v) is 24.5. The van der Waals surface area contributed by atoms with Gasteiger partial charge in [-0.2, -0.15) is 0 Å². The van der Waals surface area contributed by atoms with E-state index in [0.29, 0.717) is 22.3 Å². The topological polar surface area (TPSA) is 86.8 Å². The van der Waals surface area contributed by atoms with E-state index in [4.69, 9.17) is 23.2 Å². The van der Waals surface area contributed by atoms with Gasteiger partial charge in [0, 0.05) is 29.6 Å². The molecular weight excluding hydrogens is 557 g/mol. The molecule has 7 nitrogen and oxygen atoms in total. The smallest absolute Gasteiger partial charge is 0.244 e. The van der Waals surface area contributed by atoms with Crippen LogP contribution in [0.1, 0.15) is 25.0 Å². The molecule has 0 saturated carbocycles. The SMILES string of the molecule is CC(C)CNC(=O)[C@H](Cc1ccccc1)N(Cc1ccc(Cl)cc1)C(=O)CN(c1ccc(Cl)cc1)S(C)(=O)=O. The molecule has 0 bridgehead atoms. The van der Waals surface area contributed by atoms with Crippen LogP contribution in [0.25, 0.3) is 0 Å². The largest absolute Gasteiger partial charge is 0.354 e. The lowest BCUT2D eigenvalue weighted by Crippen LogP contribution is -2.53. The van der Waals surface area contributed by atoms with Crippen molar-refractivity contribution in [3.63, 3.8) is 0 Å². The number of amides is 2. The minimum atomic E-state index is -3.84. The number of nitrogens with one attached hydrogen (secondary N) is 1. The van der Waals surface area contributed by atoms with Crippen LogP contribution >= 0.6 is 23.2 Å². The first kappa shape index (κ1) is 30.5. The van der Waals surface area contributed by atoms with Gasteiger partial charge in [-0.3, -0.25) is 13.9 Å². The van der Waals surface area contributed by atoms with Crippen molar-refractivity contribution in [2.24, 2.45) is 5.92 Å². The predicted octanol–water partition coefficient (Wildman–Crippen LogP) is 5.17. The summed E-state index contributed by atoms with van der Waals surface area (Å²) >= 11 is 12.1. The Hall–Kier alpha value is -3.07. The van der Waals surface area contributed by atoms with Crippen LogP contribution in [0.15, 0.2) is 78.9 Å². The van der Waals surface area contributed by atoms with Crippen molar-refractivity contribution >= 4 is 50.7 Å². The number of nitrogens with zero attached hydrogens (tertiary/aromatic N) is 2. The van der Waals surface area contributed by atoms with Crippen molar-refractivity contribution in [2.75, 3.05) is 23.7 Å². The van der Waals surface area contributed by atoms with E-state index >= 15 is 0 Å². The second kappa shape index (κ2) is 13.8. The van der Waals surface area contributed by atoms with E-state index in [1.807, 2.05) is 44.2 Å². The Labute approximate surface area is 240 Å². The second-order valence-corrected chi connectivity index (χ2v) is 12.5. The van der Waals surface area contributed by atoms with E-state index in [0.717, 1.165) is 21.7 Å². The van der Waals surface area contributed by atoms with Crippen LogP contribution in [0.5, 0.6) is 0 Å². The van der Waals surface area contributed by atoms with Gasteiger partial charge in [-0.15, -0.1) is 0 Å². The Kier molecular flexibility index (Phi) is 10.8. The van der Waals surface area contributed by atoms with E-state index in [9.17, 15) is 18.0 Å². The molecule has 1 N–H and O–H groups in total. The molecule has 208 valence electrons. The zero-order valence-electron chi connectivity index (χ0n) is 22.2. The number of hydrogen-bond acceptors (Lipinski definition) is 4. The molecule has 0 aliphatic heterocycles. The first-order chi connectivity index (χ1) is 18.4. The molecule has 39 heavy (non-hydrogen) atoms. The number of rotatable bonds is 12. The van der Waals surface area contributed by atoms with Crippen molar-refractivity contribution in [3.05, 3.63) is 100 Å². The van der Waals surface area contributed by atoms with Gasteiger partial charge in [0.1, 0.15) is 12.6 Å². The number of anilines is 1. The maximum atomic E-state index is 14.0. The summed E-state index contributed by atoms with van der Waals surface area (Å²) in [5.74, 6) is -0.629. The third-order valence-corrected chi connectivity index (χ3v) is 7.66. The fraction of sp³-hybridized carbons (Fsp3) is 0.310. The van der Waals surface area contributed by atoms with Gasteiger partial charge in [0.15, 0.2) is 0 Å². The van der Waals surface area contributed by atoms with Crippen LogP contribution in [0.4, 0.5) is 5.69 Å². The van der Waals surface area contributed by atoms with Gasteiger partial charge in [0.05, 0.1) is 11.9 Å². The lowest BCUT2D eigenvalue weighted by Gasteiger charge is -2.33. The Morgan fingerprint density at radius 2 is 1.41 bits per heavy atom. The molecule has 1 atom stereocenters. The van der Waals surface area contributed by atoms with Gasteiger partial charge in [-0.25, -0.2) is 8.42 Å². The fourth-order valence-corrected chi connectivity index (χ4v) is 5.09. The van der Waals surface area contributed by atoms with Crippen LogP contribution in [0.2, 0.25) is 10.0 Å². The minimum Gasteiger partial charge on any atom is -0.354 e. The molecule has 2 amide bonds. The van der Waals surface area contributed by atoms with Crippen LogP contribution in [-0.2, 0) is 32.6 Å². The summed E-state index contributed by atoms with van der Waals surface area (Å²) in [4.78, 5) is 29.0. The van der Waals surface area contributed by atoms with Gasteiger partial charge < -0.3 is 10.2 Å². The summed E-state index contributed by atoms with van der Waals surface area (Å²) in [5, 5.41) is 3.93. The van der Waals surface area contributed by atoms with Crippen LogP contribution < -0.4 is 9.62 Å². The molecule has 0 radical (unpaired) electrons. The monoisotopic (exact) mass is 589 g/mol. The molecule has 3 aromatic carbocycles.